The third kappa shape index (κ3) is 11.6. The van der Waals surface area contributed by atoms with Crippen molar-refractivity contribution in [2.24, 2.45) is 11.8 Å². The van der Waals surface area contributed by atoms with Crippen LogP contribution in [0.5, 0.6) is 5.75 Å². The van der Waals surface area contributed by atoms with Gasteiger partial charge in [0.15, 0.2) is 12.6 Å². The molecule has 6 nitrogen and oxygen atoms in total. The first-order valence-electron chi connectivity index (χ1n) is 19.6. The van der Waals surface area contributed by atoms with Crippen LogP contribution in [0.3, 0.4) is 0 Å². The molecule has 3 aromatic rings. The van der Waals surface area contributed by atoms with Crippen molar-refractivity contribution in [1.29, 1.82) is 0 Å². The molecule has 2 heterocycles. The fourth-order valence-electron chi connectivity index (χ4n) is 7.19. The molecular weight excluding hydrogens is 636 g/mol. The van der Waals surface area contributed by atoms with Gasteiger partial charge in [-0.3, -0.25) is 0 Å². The Morgan fingerprint density at radius 1 is 0.706 bits per heavy atom. The first-order valence-corrected chi connectivity index (χ1v) is 19.6. The summed E-state index contributed by atoms with van der Waals surface area (Å²) >= 11 is 0. The van der Waals surface area contributed by atoms with E-state index in [1.54, 1.807) is 12.1 Å². The van der Waals surface area contributed by atoms with E-state index in [2.05, 4.69) is 27.4 Å². The molecule has 0 aliphatic carbocycles. The van der Waals surface area contributed by atoms with Crippen molar-refractivity contribution in [3.05, 3.63) is 102 Å². The summed E-state index contributed by atoms with van der Waals surface area (Å²) in [5, 5.41) is 0. The van der Waals surface area contributed by atoms with E-state index >= 15 is 0 Å². The molecular formula is C45H60O6. The highest BCUT2D eigenvalue weighted by atomic mass is 16.7. The number of rotatable bonds is 19. The van der Waals surface area contributed by atoms with Crippen LogP contribution in [0.1, 0.15) is 138 Å². The summed E-state index contributed by atoms with van der Waals surface area (Å²) in [6.07, 6.45) is 17.5. The minimum atomic E-state index is -0.420. The third-order valence-electron chi connectivity index (χ3n) is 10.6. The van der Waals surface area contributed by atoms with Crippen LogP contribution in [0.15, 0.2) is 85.5 Å². The van der Waals surface area contributed by atoms with Crippen molar-refractivity contribution < 1.29 is 28.5 Å². The smallest absolute Gasteiger partial charge is 0.344 e. The number of hydrogen-bond donors (Lipinski definition) is 0. The van der Waals surface area contributed by atoms with E-state index in [-0.39, 0.29) is 18.5 Å². The van der Waals surface area contributed by atoms with Crippen LogP contribution in [-0.2, 0) is 18.9 Å². The minimum Gasteiger partial charge on any atom is -0.423 e. The zero-order chi connectivity index (χ0) is 35.8. The summed E-state index contributed by atoms with van der Waals surface area (Å²) in [5.41, 5.74) is 4.14. The highest BCUT2D eigenvalue weighted by Gasteiger charge is 2.31. The van der Waals surface area contributed by atoms with Crippen molar-refractivity contribution in [3.63, 3.8) is 0 Å². The SMILES string of the molecule is C=CCCCCCC[C@@H]1CO[C@@H](c2ccc(OC(=O)c3ccccc3-c3ccc([C@@H]4OC[C@@H](CCCCCCCC)C(C)O4)cc3)cc2)OC1C. The monoisotopic (exact) mass is 696 g/mol. The van der Waals surface area contributed by atoms with Crippen LogP contribution < -0.4 is 4.74 Å². The topological polar surface area (TPSA) is 63.2 Å². The molecule has 0 radical (unpaired) electrons. The molecule has 6 heteroatoms. The molecule has 2 aliphatic heterocycles. The highest BCUT2D eigenvalue weighted by Crippen LogP contribution is 2.35. The maximum atomic E-state index is 13.4. The van der Waals surface area contributed by atoms with E-state index in [0.717, 1.165) is 48.1 Å². The van der Waals surface area contributed by atoms with Gasteiger partial charge in [0.05, 0.1) is 31.0 Å². The Balaban J connectivity index is 1.10. The summed E-state index contributed by atoms with van der Waals surface area (Å²) < 4.78 is 30.7. The van der Waals surface area contributed by atoms with E-state index in [1.807, 2.05) is 66.7 Å². The molecule has 0 bridgehead atoms. The molecule has 3 aromatic carbocycles. The van der Waals surface area contributed by atoms with Gasteiger partial charge in [-0.25, -0.2) is 4.79 Å². The Kier molecular flexibility index (Phi) is 15.8. The van der Waals surface area contributed by atoms with Crippen molar-refractivity contribution in [2.45, 2.75) is 129 Å². The number of allylic oxidation sites excluding steroid dienone is 1. The fourth-order valence-corrected chi connectivity index (χ4v) is 7.19. The van der Waals surface area contributed by atoms with E-state index in [1.165, 1.54) is 64.2 Å². The van der Waals surface area contributed by atoms with Gasteiger partial charge >= 0.3 is 5.97 Å². The normalized spacial score (nSPS) is 23.5. The first kappa shape index (κ1) is 38.9. The molecule has 2 unspecified atom stereocenters. The van der Waals surface area contributed by atoms with Crippen LogP contribution in [0.2, 0.25) is 0 Å². The third-order valence-corrected chi connectivity index (χ3v) is 10.6. The quantitative estimate of drug-likeness (QED) is 0.0538. The second-order valence-electron chi connectivity index (χ2n) is 14.5. The Bertz CT molecular complexity index is 1470. The molecule has 0 amide bonds. The number of carbonyl (C=O) groups excluding carboxylic acids is 1. The fraction of sp³-hybridized carbons (Fsp3) is 0.533. The van der Waals surface area contributed by atoms with E-state index in [9.17, 15) is 4.79 Å². The summed E-state index contributed by atoms with van der Waals surface area (Å²) in [7, 11) is 0. The largest absolute Gasteiger partial charge is 0.423 e. The molecule has 0 aromatic heterocycles. The van der Waals surface area contributed by atoms with E-state index < -0.39 is 12.3 Å². The summed E-state index contributed by atoms with van der Waals surface area (Å²) in [5.74, 6) is 0.908. The number of hydrogen-bond acceptors (Lipinski definition) is 6. The molecule has 51 heavy (non-hydrogen) atoms. The number of ether oxygens (including phenoxy) is 5. The van der Waals surface area contributed by atoms with Gasteiger partial charge in [0.25, 0.3) is 0 Å². The summed E-state index contributed by atoms with van der Waals surface area (Å²) in [4.78, 5) is 13.4. The van der Waals surface area contributed by atoms with E-state index in [0.29, 0.717) is 29.8 Å². The van der Waals surface area contributed by atoms with Crippen molar-refractivity contribution in [3.8, 4) is 16.9 Å². The lowest BCUT2D eigenvalue weighted by Gasteiger charge is -2.35. The lowest BCUT2D eigenvalue weighted by atomic mass is 9.95. The zero-order valence-electron chi connectivity index (χ0n) is 31.2. The van der Waals surface area contributed by atoms with Gasteiger partial charge in [-0.1, -0.05) is 125 Å². The van der Waals surface area contributed by atoms with Gasteiger partial charge in [0, 0.05) is 23.0 Å². The standard InChI is InChI=1S/C45H60O6/c1-5-7-9-11-13-15-19-38-31-47-44(49-33(38)3)36-25-23-35(24-26-36)41-21-17-18-22-42(41)43(46)51-40-29-27-37(28-30-40)45-48-32-39(34(4)50-45)20-16-14-12-10-8-6-2/h6,17-18,21-30,33-34,38-39,44-45H,2,5,7-16,19-20,31-32H2,1,3-4H3/t33?,34?,38-,39-,44-,45-/m1/s1. The highest BCUT2D eigenvalue weighted by molar-refractivity contribution is 5.98. The second-order valence-corrected chi connectivity index (χ2v) is 14.5. The lowest BCUT2D eigenvalue weighted by Crippen LogP contribution is -2.34. The van der Waals surface area contributed by atoms with Crippen molar-refractivity contribution >= 4 is 5.97 Å². The lowest BCUT2D eigenvalue weighted by molar-refractivity contribution is -0.237. The van der Waals surface area contributed by atoms with Gasteiger partial charge in [-0.05, 0) is 68.9 Å². The average Bonchev–Trinajstić information content (AvgIpc) is 3.16. The predicted octanol–water partition coefficient (Wildman–Crippen LogP) is 12.0. The second kappa shape index (κ2) is 20.7. The molecule has 0 saturated carbocycles. The Morgan fingerprint density at radius 2 is 1.24 bits per heavy atom. The molecule has 2 saturated heterocycles. The first-order chi connectivity index (χ1) is 25.0. The van der Waals surface area contributed by atoms with Crippen LogP contribution in [0.25, 0.3) is 11.1 Å². The van der Waals surface area contributed by atoms with Crippen molar-refractivity contribution in [1.82, 2.24) is 0 Å². The van der Waals surface area contributed by atoms with Crippen molar-refractivity contribution in [2.75, 3.05) is 13.2 Å². The molecule has 2 fully saturated rings. The van der Waals surface area contributed by atoms with Gasteiger partial charge in [0.2, 0.25) is 0 Å². The molecule has 2 aliphatic rings. The molecule has 276 valence electrons. The van der Waals surface area contributed by atoms with E-state index in [4.69, 9.17) is 23.7 Å². The summed E-state index contributed by atoms with van der Waals surface area (Å²) in [6.45, 7) is 11.8. The predicted molar refractivity (Wildman–Crippen MR) is 205 cm³/mol. The Morgan fingerprint density at radius 3 is 1.80 bits per heavy atom. The van der Waals surface area contributed by atoms with Crippen LogP contribution >= 0.6 is 0 Å². The number of benzene rings is 3. The summed E-state index contributed by atoms with van der Waals surface area (Å²) in [6, 6.07) is 23.1. The van der Waals surface area contributed by atoms with Crippen LogP contribution in [0.4, 0.5) is 0 Å². The van der Waals surface area contributed by atoms with Gasteiger partial charge in [0.1, 0.15) is 5.75 Å². The average molecular weight is 697 g/mol. The van der Waals surface area contributed by atoms with Crippen LogP contribution in [0, 0.1) is 11.8 Å². The molecule has 6 atom stereocenters. The molecule has 0 N–H and O–H groups in total. The minimum absolute atomic E-state index is 0.123. The number of carbonyl (C=O) groups is 1. The van der Waals surface area contributed by atoms with Gasteiger partial charge in [-0.15, -0.1) is 6.58 Å². The number of esters is 1. The maximum Gasteiger partial charge on any atom is 0.344 e. The Labute approximate surface area is 306 Å². The van der Waals surface area contributed by atoms with Gasteiger partial charge in [-0.2, -0.15) is 0 Å². The Hall–Kier alpha value is -3.29. The number of unbranched alkanes of at least 4 members (excludes halogenated alkanes) is 9. The van der Waals surface area contributed by atoms with Gasteiger partial charge < -0.3 is 23.7 Å². The van der Waals surface area contributed by atoms with Crippen LogP contribution in [-0.4, -0.2) is 31.4 Å². The zero-order valence-corrected chi connectivity index (χ0v) is 31.2. The molecule has 0 spiro atoms. The maximum absolute atomic E-state index is 13.4. The molecule has 5 rings (SSSR count).